The summed E-state index contributed by atoms with van der Waals surface area (Å²) in [5, 5.41) is 0.113. The van der Waals surface area contributed by atoms with Gasteiger partial charge in [0.05, 0.1) is 29.5 Å². The van der Waals surface area contributed by atoms with Gasteiger partial charge in [0.15, 0.2) is 5.76 Å². The van der Waals surface area contributed by atoms with Gasteiger partial charge in [0.25, 0.3) is 0 Å². The number of carbonyl (C=O) groups excluding carboxylic acids is 1. The van der Waals surface area contributed by atoms with E-state index < -0.39 is 17.7 Å². The molecular weight excluding hydrogens is 371 g/mol. The maximum absolute atomic E-state index is 12.9. The molecule has 0 aliphatic heterocycles. The minimum Gasteiger partial charge on any atom is -0.465 e. The van der Waals surface area contributed by atoms with E-state index in [-0.39, 0.29) is 22.2 Å². The van der Waals surface area contributed by atoms with Gasteiger partial charge in [0.1, 0.15) is 0 Å². The number of methoxy groups -OCH3 is 1. The SMILES string of the molecule is COC(=O)c1ccc(-c2ncc(-c3cc(C(F)(F)F)ccc3Cl)o2)cc1. The lowest BCUT2D eigenvalue weighted by atomic mass is 10.1. The number of rotatable bonds is 3. The van der Waals surface area contributed by atoms with Crippen molar-refractivity contribution in [2.45, 2.75) is 6.18 Å². The zero-order chi connectivity index (χ0) is 18.9. The standard InChI is InChI=1S/C18H11ClF3NO3/c1-25-17(24)11-4-2-10(3-5-11)16-23-9-15(26-16)13-8-12(18(20,21)22)6-7-14(13)19/h2-9H,1H3. The molecule has 134 valence electrons. The predicted molar refractivity (Wildman–Crippen MR) is 88.7 cm³/mol. The lowest BCUT2D eigenvalue weighted by molar-refractivity contribution is -0.137. The second-order valence-electron chi connectivity index (χ2n) is 5.29. The van der Waals surface area contributed by atoms with Gasteiger partial charge in [0.2, 0.25) is 5.89 Å². The third kappa shape index (κ3) is 3.57. The third-order valence-corrected chi connectivity index (χ3v) is 3.95. The molecule has 0 aliphatic rings. The van der Waals surface area contributed by atoms with Crippen LogP contribution in [0.4, 0.5) is 13.2 Å². The number of esters is 1. The first-order chi connectivity index (χ1) is 12.3. The van der Waals surface area contributed by atoms with Gasteiger partial charge >= 0.3 is 12.1 Å². The van der Waals surface area contributed by atoms with Crippen LogP contribution in [0.3, 0.4) is 0 Å². The quantitative estimate of drug-likeness (QED) is 0.565. The maximum atomic E-state index is 12.9. The summed E-state index contributed by atoms with van der Waals surface area (Å²) in [4.78, 5) is 15.5. The molecule has 8 heteroatoms. The molecular formula is C18H11ClF3NO3. The molecule has 0 bridgehead atoms. The van der Waals surface area contributed by atoms with Crippen LogP contribution < -0.4 is 0 Å². The Morgan fingerprint density at radius 2 is 1.85 bits per heavy atom. The molecule has 0 fully saturated rings. The van der Waals surface area contributed by atoms with Crippen molar-refractivity contribution in [3.63, 3.8) is 0 Å². The van der Waals surface area contributed by atoms with Gasteiger partial charge in [0, 0.05) is 11.1 Å². The van der Waals surface area contributed by atoms with Crippen LogP contribution >= 0.6 is 11.6 Å². The number of benzene rings is 2. The first-order valence-corrected chi connectivity index (χ1v) is 7.69. The van der Waals surface area contributed by atoms with E-state index in [1.54, 1.807) is 12.1 Å². The van der Waals surface area contributed by atoms with Crippen LogP contribution in [-0.4, -0.2) is 18.1 Å². The smallest absolute Gasteiger partial charge is 0.416 e. The Labute approximate surface area is 151 Å². The Kier molecular flexibility index (Phi) is 4.73. The van der Waals surface area contributed by atoms with Crippen LogP contribution in [-0.2, 0) is 10.9 Å². The number of carbonyl (C=O) groups is 1. The summed E-state index contributed by atoms with van der Waals surface area (Å²) in [5.41, 5.74) is 0.152. The molecule has 0 unspecified atom stereocenters. The predicted octanol–water partition coefficient (Wildman–Crippen LogP) is 5.47. The van der Waals surface area contributed by atoms with Gasteiger partial charge in [-0.15, -0.1) is 0 Å². The van der Waals surface area contributed by atoms with Gasteiger partial charge < -0.3 is 9.15 Å². The molecule has 4 nitrogen and oxygen atoms in total. The molecule has 0 aliphatic carbocycles. The molecule has 0 spiro atoms. The number of hydrogen-bond donors (Lipinski definition) is 0. The number of oxazole rings is 1. The van der Waals surface area contributed by atoms with E-state index in [2.05, 4.69) is 9.72 Å². The van der Waals surface area contributed by atoms with Gasteiger partial charge in [-0.2, -0.15) is 13.2 Å². The maximum Gasteiger partial charge on any atom is 0.416 e. The average molecular weight is 382 g/mol. The third-order valence-electron chi connectivity index (χ3n) is 3.62. The van der Waals surface area contributed by atoms with Crippen LogP contribution in [0, 0.1) is 0 Å². The van der Waals surface area contributed by atoms with E-state index >= 15 is 0 Å². The fourth-order valence-electron chi connectivity index (χ4n) is 2.29. The lowest BCUT2D eigenvalue weighted by Crippen LogP contribution is -2.04. The molecule has 0 atom stereocenters. The van der Waals surface area contributed by atoms with E-state index in [9.17, 15) is 18.0 Å². The highest BCUT2D eigenvalue weighted by atomic mass is 35.5. The molecule has 2 aromatic carbocycles. The van der Waals surface area contributed by atoms with Gasteiger partial charge in [-0.3, -0.25) is 0 Å². The van der Waals surface area contributed by atoms with Gasteiger partial charge in [-0.05, 0) is 42.5 Å². The Morgan fingerprint density at radius 3 is 2.46 bits per heavy atom. The molecule has 0 N–H and O–H groups in total. The van der Waals surface area contributed by atoms with E-state index in [0.717, 1.165) is 18.2 Å². The fourth-order valence-corrected chi connectivity index (χ4v) is 2.50. The number of aromatic nitrogens is 1. The minimum absolute atomic E-state index is 0.0893. The zero-order valence-electron chi connectivity index (χ0n) is 13.3. The monoisotopic (exact) mass is 381 g/mol. The van der Waals surface area contributed by atoms with Gasteiger partial charge in [-0.1, -0.05) is 11.6 Å². The Hall–Kier alpha value is -2.80. The van der Waals surface area contributed by atoms with Crippen LogP contribution in [0.15, 0.2) is 53.1 Å². The second-order valence-corrected chi connectivity index (χ2v) is 5.70. The summed E-state index contributed by atoms with van der Waals surface area (Å²) in [6.45, 7) is 0. The summed E-state index contributed by atoms with van der Waals surface area (Å²) in [5.74, 6) is -0.196. The molecule has 0 saturated carbocycles. The first kappa shape index (κ1) is 18.0. The van der Waals surface area contributed by atoms with Crippen molar-refractivity contribution in [1.82, 2.24) is 4.98 Å². The van der Waals surface area contributed by atoms with Crippen molar-refractivity contribution in [2.75, 3.05) is 7.11 Å². The summed E-state index contributed by atoms with van der Waals surface area (Å²) >= 11 is 6.00. The van der Waals surface area contributed by atoms with E-state index in [4.69, 9.17) is 16.0 Å². The number of hydrogen-bond acceptors (Lipinski definition) is 4. The lowest BCUT2D eigenvalue weighted by Gasteiger charge is -2.08. The molecule has 0 radical (unpaired) electrons. The minimum atomic E-state index is -4.49. The Bertz CT molecular complexity index is 949. The Morgan fingerprint density at radius 1 is 1.15 bits per heavy atom. The van der Waals surface area contributed by atoms with Crippen LogP contribution in [0.1, 0.15) is 15.9 Å². The second kappa shape index (κ2) is 6.84. The van der Waals surface area contributed by atoms with Gasteiger partial charge in [-0.25, -0.2) is 9.78 Å². The van der Waals surface area contributed by atoms with E-state index in [1.165, 1.54) is 25.4 Å². The van der Waals surface area contributed by atoms with Crippen molar-refractivity contribution in [1.29, 1.82) is 0 Å². The van der Waals surface area contributed by atoms with Crippen LogP contribution in [0.25, 0.3) is 22.8 Å². The highest BCUT2D eigenvalue weighted by molar-refractivity contribution is 6.33. The Balaban J connectivity index is 1.94. The summed E-state index contributed by atoms with van der Waals surface area (Å²) in [7, 11) is 1.27. The largest absolute Gasteiger partial charge is 0.465 e. The van der Waals surface area contributed by atoms with Crippen LogP contribution in [0.5, 0.6) is 0 Å². The molecule has 3 aromatic rings. The normalized spacial score (nSPS) is 11.4. The zero-order valence-corrected chi connectivity index (χ0v) is 14.1. The molecule has 1 aromatic heterocycles. The molecule has 26 heavy (non-hydrogen) atoms. The topological polar surface area (TPSA) is 52.3 Å². The van der Waals surface area contributed by atoms with Crippen LogP contribution in [0.2, 0.25) is 5.02 Å². The fraction of sp³-hybridized carbons (Fsp3) is 0.111. The highest BCUT2D eigenvalue weighted by Crippen LogP contribution is 2.37. The molecule has 1 heterocycles. The van der Waals surface area contributed by atoms with Crippen molar-refractivity contribution >= 4 is 17.6 Å². The number of alkyl halides is 3. The number of halogens is 4. The van der Waals surface area contributed by atoms with Crippen molar-refractivity contribution in [3.8, 4) is 22.8 Å². The average Bonchev–Trinajstić information content (AvgIpc) is 3.10. The van der Waals surface area contributed by atoms with E-state index in [0.29, 0.717) is 11.1 Å². The summed E-state index contributed by atoms with van der Waals surface area (Å²) in [6, 6.07) is 9.21. The van der Waals surface area contributed by atoms with Crippen molar-refractivity contribution in [2.24, 2.45) is 0 Å². The number of nitrogens with zero attached hydrogens (tertiary/aromatic N) is 1. The van der Waals surface area contributed by atoms with Crippen molar-refractivity contribution < 1.29 is 27.1 Å². The van der Waals surface area contributed by atoms with E-state index in [1.807, 2.05) is 0 Å². The first-order valence-electron chi connectivity index (χ1n) is 7.31. The number of ether oxygens (including phenoxy) is 1. The highest BCUT2D eigenvalue weighted by Gasteiger charge is 2.31. The van der Waals surface area contributed by atoms with Crippen molar-refractivity contribution in [3.05, 3.63) is 64.8 Å². The summed E-state index contributed by atoms with van der Waals surface area (Å²) < 4.78 is 48.8. The molecule has 0 saturated heterocycles. The molecule has 3 rings (SSSR count). The summed E-state index contributed by atoms with van der Waals surface area (Å²) in [6.07, 6.45) is -3.20. The molecule has 0 amide bonds.